The maximum Gasteiger partial charge on any atom is 0.435 e. The zero-order chi connectivity index (χ0) is 23.8. The van der Waals surface area contributed by atoms with Gasteiger partial charge in [0.25, 0.3) is 5.91 Å². The summed E-state index contributed by atoms with van der Waals surface area (Å²) >= 11 is 0. The van der Waals surface area contributed by atoms with E-state index in [2.05, 4.69) is 20.6 Å². The Morgan fingerprint density at radius 2 is 1.91 bits per heavy atom. The molecule has 12 heteroatoms. The average Bonchev–Trinajstić information content (AvgIpc) is 3.37. The Hall–Kier alpha value is -3.12. The van der Waals surface area contributed by atoms with Crippen LogP contribution in [0.5, 0.6) is 0 Å². The minimum absolute atomic E-state index is 0.0318. The zero-order valence-corrected chi connectivity index (χ0v) is 18.3. The Bertz CT molecular complexity index is 1060. The fourth-order valence-electron chi connectivity index (χ4n) is 4.00. The number of benzene rings is 1. The van der Waals surface area contributed by atoms with Gasteiger partial charge in [0.1, 0.15) is 0 Å². The normalized spacial score (nSPS) is 16.6. The van der Waals surface area contributed by atoms with Gasteiger partial charge in [0.2, 0.25) is 0 Å². The Labute approximate surface area is 188 Å². The highest BCUT2D eigenvalue weighted by atomic mass is 19.4. The van der Waals surface area contributed by atoms with Gasteiger partial charge in [0.15, 0.2) is 5.82 Å². The zero-order valence-electron chi connectivity index (χ0n) is 18.3. The summed E-state index contributed by atoms with van der Waals surface area (Å²) in [5.74, 6) is -0.917. The van der Waals surface area contributed by atoms with Crippen molar-refractivity contribution in [3.63, 3.8) is 0 Å². The molecule has 0 saturated carbocycles. The first-order chi connectivity index (χ1) is 15.7. The quantitative estimate of drug-likeness (QED) is 0.716. The van der Waals surface area contributed by atoms with Crippen molar-refractivity contribution in [2.24, 2.45) is 0 Å². The third-order valence-electron chi connectivity index (χ3n) is 5.78. The van der Waals surface area contributed by atoms with Crippen LogP contribution in [0.1, 0.15) is 34.1 Å². The lowest BCUT2D eigenvalue weighted by Crippen LogP contribution is -2.44. The molecule has 3 heterocycles. The number of hydrogen-bond acceptors (Lipinski definition) is 7. The van der Waals surface area contributed by atoms with Crippen molar-refractivity contribution in [2.45, 2.75) is 26.2 Å². The number of ether oxygens (including phenoxy) is 1. The van der Waals surface area contributed by atoms with Gasteiger partial charge in [-0.1, -0.05) is 0 Å². The number of aromatic nitrogens is 2. The minimum atomic E-state index is -4.72. The highest BCUT2D eigenvalue weighted by Crippen LogP contribution is 2.35. The van der Waals surface area contributed by atoms with Crippen LogP contribution in [-0.2, 0) is 24.0 Å². The molecule has 1 fully saturated rings. The van der Waals surface area contributed by atoms with Crippen LogP contribution in [0.2, 0.25) is 0 Å². The molecule has 2 aliphatic rings. The third kappa shape index (κ3) is 4.67. The molecule has 1 saturated heterocycles. The summed E-state index contributed by atoms with van der Waals surface area (Å²) in [6.45, 7) is 5.11. The molecule has 0 radical (unpaired) electrons. The van der Waals surface area contributed by atoms with Crippen LogP contribution in [0.15, 0.2) is 18.2 Å². The number of carbonyl (C=O) groups excluding carboxylic acids is 2. The smallest absolute Gasteiger partial charge is 0.435 e. The number of amides is 1. The fourth-order valence-corrected chi connectivity index (χ4v) is 4.00. The first-order valence-electron chi connectivity index (χ1n) is 10.6. The number of fused-ring (bicyclic) bond motifs is 1. The number of anilines is 2. The molecule has 4 rings (SSSR count). The van der Waals surface area contributed by atoms with E-state index in [4.69, 9.17) is 4.74 Å². The second kappa shape index (κ2) is 9.02. The van der Waals surface area contributed by atoms with E-state index in [1.54, 1.807) is 6.92 Å². The lowest BCUT2D eigenvalue weighted by Gasteiger charge is -2.34. The maximum atomic E-state index is 13.9. The Balaban J connectivity index is 1.62. The van der Waals surface area contributed by atoms with Crippen molar-refractivity contribution in [1.82, 2.24) is 20.0 Å². The average molecular weight is 466 g/mol. The van der Waals surface area contributed by atoms with Gasteiger partial charge in [-0.2, -0.15) is 17.9 Å². The molecule has 9 nitrogen and oxygen atoms in total. The minimum Gasteiger partial charge on any atom is -0.448 e. The number of carbonyl (C=O) groups is 2. The highest BCUT2D eigenvalue weighted by molar-refractivity contribution is 6.05. The Morgan fingerprint density at radius 1 is 1.18 bits per heavy atom. The molecular weight excluding hydrogens is 441 g/mol. The van der Waals surface area contributed by atoms with E-state index in [1.165, 1.54) is 12.1 Å². The summed E-state index contributed by atoms with van der Waals surface area (Å²) in [6.07, 6.45) is -5.44. The number of likely N-dealkylation sites (N-methyl/N-ethyl adjacent to an activating group) is 1. The molecule has 0 unspecified atom stereocenters. The molecule has 1 amide bonds. The second-order valence-corrected chi connectivity index (χ2v) is 7.96. The van der Waals surface area contributed by atoms with Gasteiger partial charge in [-0.05, 0) is 32.2 Å². The lowest BCUT2D eigenvalue weighted by molar-refractivity contribution is -0.137. The van der Waals surface area contributed by atoms with Crippen LogP contribution in [0.4, 0.5) is 29.5 Å². The molecular formula is C21H25F3N6O3. The molecule has 2 aliphatic heterocycles. The lowest BCUT2D eigenvalue weighted by atomic mass is 10.0. The summed E-state index contributed by atoms with van der Waals surface area (Å²) in [5.41, 5.74) is -0.0605. The van der Waals surface area contributed by atoms with Crippen molar-refractivity contribution >= 4 is 23.5 Å². The van der Waals surface area contributed by atoms with Crippen LogP contribution in [-0.4, -0.2) is 66.5 Å². The summed E-state index contributed by atoms with van der Waals surface area (Å²) in [6, 6.07) is 3.73. The Kier molecular flexibility index (Phi) is 6.30. The fraction of sp³-hybridized carbons (Fsp3) is 0.476. The van der Waals surface area contributed by atoms with Crippen LogP contribution in [0, 0.1) is 0 Å². The molecule has 178 valence electrons. The van der Waals surface area contributed by atoms with Gasteiger partial charge in [-0.3, -0.25) is 4.79 Å². The van der Waals surface area contributed by atoms with Crippen molar-refractivity contribution in [3.8, 4) is 0 Å². The number of alkyl halides is 3. The number of nitrogens with zero attached hydrogens (tertiary/aromatic N) is 4. The van der Waals surface area contributed by atoms with Gasteiger partial charge >= 0.3 is 12.3 Å². The molecule has 0 aliphatic carbocycles. The summed E-state index contributed by atoms with van der Waals surface area (Å²) in [5, 5.41) is 9.57. The largest absolute Gasteiger partial charge is 0.448 e. The van der Waals surface area contributed by atoms with E-state index < -0.39 is 29.3 Å². The van der Waals surface area contributed by atoms with Crippen molar-refractivity contribution < 1.29 is 27.5 Å². The topological polar surface area (TPSA) is 91.7 Å². The van der Waals surface area contributed by atoms with Gasteiger partial charge < -0.3 is 25.2 Å². The standard InChI is InChI=1S/C21H25F3N6O3/c1-3-33-20(32)30-17-12-25-11-15(17)18(27-30)26-19(31)14-5-4-13(10-16(14)21(22,23)24)29-8-6-28(2)7-9-29/h4-5,10,25H,3,6-9,11-12H2,1-2H3,(H,26,27,31). The number of nitrogens with one attached hydrogen (secondary N) is 2. The predicted molar refractivity (Wildman–Crippen MR) is 114 cm³/mol. The number of rotatable bonds is 4. The van der Waals surface area contributed by atoms with Crippen LogP contribution >= 0.6 is 0 Å². The third-order valence-corrected chi connectivity index (χ3v) is 5.78. The summed E-state index contributed by atoms with van der Waals surface area (Å²) in [7, 11) is 1.96. The van der Waals surface area contributed by atoms with E-state index in [-0.39, 0.29) is 12.4 Å². The van der Waals surface area contributed by atoms with Crippen LogP contribution < -0.4 is 15.5 Å². The van der Waals surface area contributed by atoms with E-state index in [0.29, 0.717) is 43.1 Å². The van der Waals surface area contributed by atoms with Crippen molar-refractivity contribution in [3.05, 3.63) is 40.6 Å². The first kappa shape index (κ1) is 23.1. The molecule has 0 bridgehead atoms. The van der Waals surface area contributed by atoms with Crippen LogP contribution in [0.3, 0.4) is 0 Å². The van der Waals surface area contributed by atoms with Crippen molar-refractivity contribution in [1.29, 1.82) is 0 Å². The van der Waals surface area contributed by atoms with Gasteiger partial charge in [-0.15, -0.1) is 5.10 Å². The molecule has 33 heavy (non-hydrogen) atoms. The number of piperazine rings is 1. The monoisotopic (exact) mass is 466 g/mol. The molecule has 0 atom stereocenters. The van der Waals surface area contributed by atoms with Gasteiger partial charge in [-0.25, -0.2) is 4.79 Å². The number of halogens is 3. The SMILES string of the molecule is CCOC(=O)n1nc(NC(=O)c2ccc(N3CCN(C)CC3)cc2C(F)(F)F)c2c1CNC2. The van der Waals surface area contributed by atoms with Gasteiger partial charge in [0.05, 0.1) is 23.4 Å². The predicted octanol–water partition coefficient (Wildman–Crippen LogP) is 2.51. The van der Waals surface area contributed by atoms with E-state index >= 15 is 0 Å². The highest BCUT2D eigenvalue weighted by Gasteiger charge is 2.37. The Morgan fingerprint density at radius 3 is 2.58 bits per heavy atom. The van der Waals surface area contributed by atoms with E-state index in [0.717, 1.165) is 23.8 Å². The second-order valence-electron chi connectivity index (χ2n) is 7.96. The summed E-state index contributed by atoms with van der Waals surface area (Å²) < 4.78 is 47.6. The molecule has 1 aromatic carbocycles. The maximum absolute atomic E-state index is 13.9. The molecule has 0 spiro atoms. The summed E-state index contributed by atoms with van der Waals surface area (Å²) in [4.78, 5) is 29.0. The molecule has 2 N–H and O–H groups in total. The van der Waals surface area contributed by atoms with Crippen molar-refractivity contribution in [2.75, 3.05) is 50.1 Å². The van der Waals surface area contributed by atoms with Gasteiger partial charge in [0, 0.05) is 50.5 Å². The molecule has 1 aromatic heterocycles. The molecule has 2 aromatic rings. The first-order valence-corrected chi connectivity index (χ1v) is 10.6. The van der Waals surface area contributed by atoms with Crippen LogP contribution in [0.25, 0.3) is 0 Å². The van der Waals surface area contributed by atoms with E-state index in [9.17, 15) is 22.8 Å². The number of hydrogen-bond donors (Lipinski definition) is 2. The van der Waals surface area contributed by atoms with E-state index in [1.807, 2.05) is 11.9 Å².